The monoisotopic (exact) mass is 500 g/mol. The molecular formula is C28H22F2N4O3. The van der Waals surface area contributed by atoms with Crippen LogP contribution in [0.1, 0.15) is 18.9 Å². The Morgan fingerprint density at radius 1 is 0.973 bits per heavy atom. The number of piperidine rings is 1. The quantitative estimate of drug-likeness (QED) is 0.300. The highest BCUT2D eigenvalue weighted by atomic mass is 19.2. The van der Waals surface area contributed by atoms with Crippen LogP contribution in [0.5, 0.6) is 0 Å². The molecule has 186 valence electrons. The molecule has 6 rings (SSSR count). The Bertz CT molecular complexity index is 1620. The summed E-state index contributed by atoms with van der Waals surface area (Å²) in [5.41, 5.74) is 3.39. The lowest BCUT2D eigenvalue weighted by Gasteiger charge is -2.30. The number of carboxylic acid groups (broad SMARTS) is 1. The van der Waals surface area contributed by atoms with Gasteiger partial charge in [0.15, 0.2) is 11.6 Å². The van der Waals surface area contributed by atoms with Crippen molar-refractivity contribution >= 4 is 17.1 Å². The molecule has 0 spiro atoms. The SMILES string of the molecule is O=C(O)N1CCC(n2cc(-c3cncc(-c4oc5ccccc5c4-c4cccc(F)c4F)c3)cn2)CC1. The summed E-state index contributed by atoms with van der Waals surface area (Å²) >= 11 is 0. The van der Waals surface area contributed by atoms with Crippen LogP contribution in [-0.4, -0.2) is 44.0 Å². The third-order valence-electron chi connectivity index (χ3n) is 6.86. The number of fused-ring (bicyclic) bond motifs is 1. The van der Waals surface area contributed by atoms with E-state index in [1.165, 1.54) is 17.0 Å². The average molecular weight is 501 g/mol. The van der Waals surface area contributed by atoms with Crippen LogP contribution in [0.2, 0.25) is 0 Å². The zero-order chi connectivity index (χ0) is 25.5. The van der Waals surface area contributed by atoms with E-state index in [0.29, 0.717) is 53.8 Å². The number of hydrogen-bond acceptors (Lipinski definition) is 4. The summed E-state index contributed by atoms with van der Waals surface area (Å²) in [5.74, 6) is -1.47. The fraction of sp³-hybridized carbons (Fsp3) is 0.179. The predicted molar refractivity (Wildman–Crippen MR) is 134 cm³/mol. The van der Waals surface area contributed by atoms with Crippen LogP contribution in [0.4, 0.5) is 13.6 Å². The molecule has 1 aliphatic heterocycles. The molecule has 4 heterocycles. The number of rotatable bonds is 4. The zero-order valence-corrected chi connectivity index (χ0v) is 19.6. The lowest BCUT2D eigenvalue weighted by molar-refractivity contribution is 0.124. The Morgan fingerprint density at radius 2 is 1.76 bits per heavy atom. The number of para-hydroxylation sites is 1. The number of nitrogens with zero attached hydrogens (tertiary/aromatic N) is 4. The molecule has 1 aliphatic rings. The van der Waals surface area contributed by atoms with Gasteiger partial charge in [0.1, 0.15) is 11.3 Å². The van der Waals surface area contributed by atoms with Crippen LogP contribution in [0.25, 0.3) is 44.5 Å². The van der Waals surface area contributed by atoms with Crippen LogP contribution in [0.3, 0.4) is 0 Å². The lowest BCUT2D eigenvalue weighted by atomic mass is 9.97. The Hall–Kier alpha value is -4.53. The molecule has 0 radical (unpaired) electrons. The molecule has 1 fully saturated rings. The second-order valence-corrected chi connectivity index (χ2v) is 9.08. The van der Waals surface area contributed by atoms with Gasteiger partial charge in [-0.1, -0.05) is 30.3 Å². The van der Waals surface area contributed by atoms with Gasteiger partial charge in [-0.2, -0.15) is 5.10 Å². The fourth-order valence-corrected chi connectivity index (χ4v) is 4.94. The van der Waals surface area contributed by atoms with Crippen LogP contribution in [0.15, 0.2) is 77.7 Å². The number of hydrogen-bond donors (Lipinski definition) is 1. The van der Waals surface area contributed by atoms with E-state index in [1.807, 2.05) is 35.1 Å². The average Bonchev–Trinajstić information content (AvgIpc) is 3.56. The Labute approximate surface area is 210 Å². The number of likely N-dealkylation sites (tertiary alicyclic amines) is 1. The molecule has 7 nitrogen and oxygen atoms in total. The second kappa shape index (κ2) is 9.16. The highest BCUT2D eigenvalue weighted by Gasteiger charge is 2.25. The Morgan fingerprint density at radius 3 is 2.57 bits per heavy atom. The van der Waals surface area contributed by atoms with E-state index in [2.05, 4.69) is 10.1 Å². The molecule has 1 N–H and O–H groups in total. The van der Waals surface area contributed by atoms with Crippen LogP contribution < -0.4 is 0 Å². The smallest absolute Gasteiger partial charge is 0.407 e. The van der Waals surface area contributed by atoms with Gasteiger partial charge in [-0.05, 0) is 31.0 Å². The number of halogens is 2. The van der Waals surface area contributed by atoms with Crippen LogP contribution in [-0.2, 0) is 0 Å². The minimum absolute atomic E-state index is 0.110. The number of aromatic nitrogens is 3. The molecule has 0 atom stereocenters. The molecule has 9 heteroatoms. The maximum Gasteiger partial charge on any atom is 0.407 e. The first-order chi connectivity index (χ1) is 18.0. The largest absolute Gasteiger partial charge is 0.465 e. The van der Waals surface area contributed by atoms with Crippen molar-refractivity contribution in [1.82, 2.24) is 19.7 Å². The standard InChI is InChI=1S/C28H22F2N4O3/c29-23-6-3-5-22(26(23)30)25-21-4-1-2-7-24(21)37-27(25)18-12-17(13-31-14-18)19-15-32-34(16-19)20-8-10-33(11-9-20)28(35)36/h1-7,12-16,20H,8-11H2,(H,35,36). The number of furan rings is 1. The van der Waals surface area contributed by atoms with Gasteiger partial charge in [-0.3, -0.25) is 9.67 Å². The Kier molecular flexibility index (Phi) is 5.67. The normalized spacial score (nSPS) is 14.4. The summed E-state index contributed by atoms with van der Waals surface area (Å²) in [7, 11) is 0. The summed E-state index contributed by atoms with van der Waals surface area (Å²) < 4.78 is 37.1. The molecule has 1 saturated heterocycles. The van der Waals surface area contributed by atoms with Crippen molar-refractivity contribution < 1.29 is 23.1 Å². The maximum absolute atomic E-state index is 14.9. The van der Waals surface area contributed by atoms with Crippen molar-refractivity contribution in [2.75, 3.05) is 13.1 Å². The van der Waals surface area contributed by atoms with E-state index in [-0.39, 0.29) is 11.6 Å². The van der Waals surface area contributed by atoms with Gasteiger partial charge in [-0.25, -0.2) is 13.6 Å². The first-order valence-corrected chi connectivity index (χ1v) is 11.9. The number of amides is 1. The number of benzene rings is 2. The summed E-state index contributed by atoms with van der Waals surface area (Å²) in [6.45, 7) is 0.940. The van der Waals surface area contributed by atoms with Gasteiger partial charge in [0, 0.05) is 64.9 Å². The highest BCUT2D eigenvalue weighted by Crippen LogP contribution is 2.42. The van der Waals surface area contributed by atoms with Crippen LogP contribution >= 0.6 is 0 Å². The third-order valence-corrected chi connectivity index (χ3v) is 6.86. The van der Waals surface area contributed by atoms with Crippen molar-refractivity contribution in [2.24, 2.45) is 0 Å². The molecule has 37 heavy (non-hydrogen) atoms. The van der Waals surface area contributed by atoms with Crippen molar-refractivity contribution in [3.63, 3.8) is 0 Å². The van der Waals surface area contributed by atoms with Crippen molar-refractivity contribution in [3.8, 4) is 33.6 Å². The molecular weight excluding hydrogens is 478 g/mol. The summed E-state index contributed by atoms with van der Waals surface area (Å²) in [6, 6.07) is 13.4. The maximum atomic E-state index is 14.9. The lowest BCUT2D eigenvalue weighted by Crippen LogP contribution is -2.38. The minimum Gasteiger partial charge on any atom is -0.465 e. The first kappa shape index (κ1) is 22.9. The number of carbonyl (C=O) groups is 1. The van der Waals surface area contributed by atoms with E-state index >= 15 is 0 Å². The predicted octanol–water partition coefficient (Wildman–Crippen LogP) is 6.62. The first-order valence-electron chi connectivity index (χ1n) is 11.9. The Balaban J connectivity index is 1.38. The van der Waals surface area contributed by atoms with E-state index in [9.17, 15) is 18.7 Å². The van der Waals surface area contributed by atoms with Crippen LogP contribution in [0, 0.1) is 11.6 Å². The molecule has 0 saturated carbocycles. The van der Waals surface area contributed by atoms with Crippen molar-refractivity contribution in [3.05, 3.63) is 85.0 Å². The van der Waals surface area contributed by atoms with Crippen molar-refractivity contribution in [1.29, 1.82) is 0 Å². The molecule has 2 aromatic carbocycles. The minimum atomic E-state index is -0.936. The second-order valence-electron chi connectivity index (χ2n) is 9.08. The van der Waals surface area contributed by atoms with Gasteiger partial charge in [-0.15, -0.1) is 0 Å². The summed E-state index contributed by atoms with van der Waals surface area (Å²) in [6.07, 6.45) is 7.49. The van der Waals surface area contributed by atoms with E-state index in [0.717, 1.165) is 17.2 Å². The molecule has 5 aromatic rings. The molecule has 0 unspecified atom stereocenters. The third kappa shape index (κ3) is 4.12. The van der Waals surface area contributed by atoms with Gasteiger partial charge in [0.25, 0.3) is 0 Å². The van der Waals surface area contributed by atoms with Gasteiger partial charge in [0.05, 0.1) is 12.2 Å². The molecule has 0 aliphatic carbocycles. The zero-order valence-electron chi connectivity index (χ0n) is 19.6. The van der Waals surface area contributed by atoms with Gasteiger partial charge in [0.2, 0.25) is 0 Å². The molecule has 1 amide bonds. The topological polar surface area (TPSA) is 84.4 Å². The highest BCUT2D eigenvalue weighted by molar-refractivity contribution is 6.02. The number of pyridine rings is 1. The summed E-state index contributed by atoms with van der Waals surface area (Å²) in [4.78, 5) is 17.0. The molecule has 0 bridgehead atoms. The van der Waals surface area contributed by atoms with Gasteiger partial charge < -0.3 is 14.4 Å². The van der Waals surface area contributed by atoms with E-state index < -0.39 is 17.7 Å². The van der Waals surface area contributed by atoms with E-state index in [4.69, 9.17) is 4.42 Å². The molecule has 3 aromatic heterocycles. The summed E-state index contributed by atoms with van der Waals surface area (Å²) in [5, 5.41) is 14.4. The fourth-order valence-electron chi connectivity index (χ4n) is 4.94. The van der Waals surface area contributed by atoms with Crippen molar-refractivity contribution in [2.45, 2.75) is 18.9 Å². The van der Waals surface area contributed by atoms with E-state index in [1.54, 1.807) is 24.7 Å². The van der Waals surface area contributed by atoms with Gasteiger partial charge >= 0.3 is 6.09 Å².